The van der Waals surface area contributed by atoms with Gasteiger partial charge in [-0.25, -0.2) is 9.97 Å². The molecule has 0 aliphatic heterocycles. The van der Waals surface area contributed by atoms with Crippen molar-refractivity contribution in [3.63, 3.8) is 0 Å². The Morgan fingerprint density at radius 2 is 1.21 bits per heavy atom. The van der Waals surface area contributed by atoms with Crippen LogP contribution in [0.4, 0.5) is 11.9 Å². The summed E-state index contributed by atoms with van der Waals surface area (Å²) in [7, 11) is 0. The van der Waals surface area contributed by atoms with E-state index in [1.807, 2.05) is 0 Å². The van der Waals surface area contributed by atoms with E-state index in [9.17, 15) is 9.59 Å². The van der Waals surface area contributed by atoms with Crippen LogP contribution in [0.15, 0.2) is 9.59 Å². The first-order valence-electron chi connectivity index (χ1n) is 5.29. The normalized spacial score (nSPS) is 12.2. The molecule has 0 bridgehead atoms. The van der Waals surface area contributed by atoms with E-state index in [0.717, 1.165) is 0 Å². The van der Waals surface area contributed by atoms with E-state index in [4.69, 9.17) is 11.5 Å². The fourth-order valence-corrected chi connectivity index (χ4v) is 2.12. The Morgan fingerprint density at radius 1 is 0.842 bits per heavy atom. The van der Waals surface area contributed by atoms with Crippen molar-refractivity contribution in [2.24, 2.45) is 0 Å². The number of anilines is 2. The molecule has 2 aromatic heterocycles. The zero-order valence-electron chi connectivity index (χ0n) is 10.3. The molecule has 0 spiro atoms. The van der Waals surface area contributed by atoms with Gasteiger partial charge in [-0.3, -0.25) is 19.6 Å². The number of nitrogens with two attached hydrogens (primary N) is 2. The fraction of sp³-hybridized carbons (Fsp3) is 0.200. The van der Waals surface area contributed by atoms with Crippen LogP contribution in [-0.2, 0) is 12.8 Å². The molecule has 1 aliphatic carbocycles. The van der Waals surface area contributed by atoms with Gasteiger partial charge in [0, 0.05) is 24.0 Å². The molecule has 0 unspecified atom stereocenters. The Balaban J connectivity index is 0.00000133. The van der Waals surface area contributed by atoms with Crippen LogP contribution in [0.5, 0.6) is 0 Å². The van der Waals surface area contributed by atoms with Crippen LogP contribution in [0.1, 0.15) is 22.5 Å². The van der Waals surface area contributed by atoms with Gasteiger partial charge in [-0.1, -0.05) is 0 Å². The molecule has 1 aliphatic rings. The Morgan fingerprint density at radius 3 is 1.58 bits per heavy atom. The molecular weight excluding hydrogens is 259 g/mol. The molecule has 6 N–H and O–H groups in total. The van der Waals surface area contributed by atoms with Gasteiger partial charge in [-0.2, -0.15) is 0 Å². The number of rotatable bonds is 0. The summed E-state index contributed by atoms with van der Waals surface area (Å²) in [5, 5.41) is 0. The number of nitrogens with zero attached hydrogens (tertiary/aromatic N) is 2. The van der Waals surface area contributed by atoms with E-state index in [2.05, 4.69) is 19.9 Å². The van der Waals surface area contributed by atoms with Crippen molar-refractivity contribution in [1.82, 2.24) is 19.9 Å². The molecule has 0 saturated carbocycles. The summed E-state index contributed by atoms with van der Waals surface area (Å²) in [6.07, 6.45) is 0.475. The molecular formula is C10H10N6NaO2+. The first-order chi connectivity index (χ1) is 8.54. The number of nitrogens with one attached hydrogen (secondary N) is 2. The third kappa shape index (κ3) is 2.29. The summed E-state index contributed by atoms with van der Waals surface area (Å²) < 4.78 is 0. The van der Waals surface area contributed by atoms with Crippen LogP contribution >= 0.6 is 0 Å². The predicted molar refractivity (Wildman–Crippen MR) is 64.2 cm³/mol. The molecule has 0 saturated heterocycles. The van der Waals surface area contributed by atoms with Gasteiger partial charge in [-0.15, -0.1) is 0 Å². The van der Waals surface area contributed by atoms with Crippen LogP contribution in [-0.4, -0.2) is 19.9 Å². The molecule has 19 heavy (non-hydrogen) atoms. The number of H-pyrrole nitrogens is 2. The van der Waals surface area contributed by atoms with Crippen LogP contribution < -0.4 is 52.1 Å². The van der Waals surface area contributed by atoms with Crippen molar-refractivity contribution >= 4 is 11.9 Å². The molecule has 0 fully saturated rings. The van der Waals surface area contributed by atoms with Gasteiger partial charge in [0.15, 0.2) is 0 Å². The first kappa shape index (κ1) is 13.8. The molecule has 3 rings (SSSR count). The summed E-state index contributed by atoms with van der Waals surface area (Å²) in [5.74, 6) is 0.0871. The van der Waals surface area contributed by atoms with Crippen molar-refractivity contribution in [3.05, 3.63) is 43.2 Å². The quantitative estimate of drug-likeness (QED) is 0.303. The Bertz CT molecular complexity index is 700. The topological polar surface area (TPSA) is 144 Å². The predicted octanol–water partition coefficient (Wildman–Crippen LogP) is -4.48. The van der Waals surface area contributed by atoms with Gasteiger partial charge >= 0.3 is 29.6 Å². The second-order valence-electron chi connectivity index (χ2n) is 4.11. The number of hydrogen-bond donors (Lipinski definition) is 4. The molecule has 92 valence electrons. The fourth-order valence-electron chi connectivity index (χ4n) is 2.12. The number of aromatic nitrogens is 4. The largest absolute Gasteiger partial charge is 1.00 e. The van der Waals surface area contributed by atoms with Gasteiger partial charge in [0.1, 0.15) is 0 Å². The summed E-state index contributed by atoms with van der Waals surface area (Å²) in [4.78, 5) is 36.4. The van der Waals surface area contributed by atoms with E-state index in [-0.39, 0.29) is 65.4 Å². The molecule has 9 heteroatoms. The summed E-state index contributed by atoms with van der Waals surface area (Å²) in [6.45, 7) is 0. The maximum atomic E-state index is 11.7. The van der Waals surface area contributed by atoms with Gasteiger partial charge < -0.3 is 11.5 Å². The summed E-state index contributed by atoms with van der Waals surface area (Å²) >= 11 is 0. The van der Waals surface area contributed by atoms with Crippen LogP contribution in [0.2, 0.25) is 0 Å². The summed E-state index contributed by atoms with van der Waals surface area (Å²) in [5.41, 5.74) is 12.3. The van der Waals surface area contributed by atoms with Crippen molar-refractivity contribution < 1.29 is 29.6 Å². The molecule has 2 heterocycles. The zero-order chi connectivity index (χ0) is 12.9. The molecule has 8 nitrogen and oxygen atoms in total. The molecule has 2 aromatic rings. The number of hydrogen-bond acceptors (Lipinski definition) is 6. The maximum absolute atomic E-state index is 11.7. The van der Waals surface area contributed by atoms with E-state index in [1.165, 1.54) is 0 Å². The van der Waals surface area contributed by atoms with Gasteiger partial charge in [0.05, 0.1) is 11.4 Å². The van der Waals surface area contributed by atoms with E-state index >= 15 is 0 Å². The third-order valence-corrected chi connectivity index (χ3v) is 2.93. The SMILES string of the molecule is Nc1nc2c(c(=O)[nH]1)Cc1nc(N)[nH]c(=O)c1C2.[Na+]. The molecule has 0 amide bonds. The smallest absolute Gasteiger partial charge is 0.369 e. The molecule has 0 radical (unpaired) electrons. The molecule has 0 atom stereocenters. The second-order valence-corrected chi connectivity index (χ2v) is 4.11. The van der Waals surface area contributed by atoms with Crippen LogP contribution in [0, 0.1) is 0 Å². The van der Waals surface area contributed by atoms with Crippen molar-refractivity contribution in [2.45, 2.75) is 12.8 Å². The Hall–Kier alpha value is -1.64. The Kier molecular flexibility index (Phi) is 3.48. The minimum Gasteiger partial charge on any atom is -0.369 e. The maximum Gasteiger partial charge on any atom is 1.00 e. The molecule has 0 aromatic carbocycles. The van der Waals surface area contributed by atoms with E-state index < -0.39 is 0 Å². The zero-order valence-corrected chi connectivity index (χ0v) is 12.3. The van der Waals surface area contributed by atoms with Crippen molar-refractivity contribution in [3.8, 4) is 0 Å². The number of fused-ring (bicyclic) bond motifs is 2. The van der Waals surface area contributed by atoms with E-state index in [1.54, 1.807) is 0 Å². The minimum atomic E-state index is -0.302. The van der Waals surface area contributed by atoms with Gasteiger partial charge in [-0.05, 0) is 0 Å². The number of aromatic amines is 2. The van der Waals surface area contributed by atoms with Gasteiger partial charge in [0.25, 0.3) is 11.1 Å². The van der Waals surface area contributed by atoms with E-state index in [0.29, 0.717) is 22.5 Å². The van der Waals surface area contributed by atoms with Crippen molar-refractivity contribution in [1.29, 1.82) is 0 Å². The summed E-state index contributed by atoms with van der Waals surface area (Å²) in [6, 6.07) is 0. The minimum absolute atomic E-state index is 0. The number of nitrogen functional groups attached to an aromatic ring is 2. The monoisotopic (exact) mass is 269 g/mol. The second kappa shape index (κ2) is 4.80. The Labute approximate surface area is 129 Å². The van der Waals surface area contributed by atoms with Crippen LogP contribution in [0.25, 0.3) is 0 Å². The first-order valence-corrected chi connectivity index (χ1v) is 5.29. The van der Waals surface area contributed by atoms with Crippen LogP contribution in [0.3, 0.4) is 0 Å². The standard InChI is InChI=1S/C10H10N6O2.Na/c11-9-13-5-1-3-6(2-4(5)8(18)16-9)14-10(12)15-7(3)17;/h1-2H2,(H3,11,13,16,18)(H3,12,14,15,17);/q;+1. The van der Waals surface area contributed by atoms with Gasteiger partial charge in [0.2, 0.25) is 11.9 Å². The third-order valence-electron chi connectivity index (χ3n) is 2.93. The average molecular weight is 269 g/mol. The average Bonchev–Trinajstić information content (AvgIpc) is 2.27. The van der Waals surface area contributed by atoms with Crippen molar-refractivity contribution in [2.75, 3.05) is 11.5 Å².